The average molecular weight is 483 g/mol. The van der Waals surface area contributed by atoms with E-state index in [-0.39, 0.29) is 17.7 Å². The number of aromatic nitrogens is 2. The summed E-state index contributed by atoms with van der Waals surface area (Å²) in [5.41, 5.74) is 2.40. The van der Waals surface area contributed by atoms with Crippen molar-refractivity contribution in [1.29, 1.82) is 0 Å². The van der Waals surface area contributed by atoms with Crippen LogP contribution in [0.25, 0.3) is 0 Å². The van der Waals surface area contributed by atoms with Crippen molar-refractivity contribution in [3.63, 3.8) is 0 Å². The molecule has 0 unspecified atom stereocenters. The average Bonchev–Trinajstić information content (AvgIpc) is 3.49. The maximum absolute atomic E-state index is 12.9. The van der Waals surface area contributed by atoms with E-state index in [0.717, 1.165) is 17.7 Å². The van der Waals surface area contributed by atoms with Crippen molar-refractivity contribution in [2.75, 3.05) is 38.1 Å². The van der Waals surface area contributed by atoms with Gasteiger partial charge in [0, 0.05) is 30.1 Å². The molecule has 1 aliphatic heterocycles. The van der Waals surface area contributed by atoms with E-state index >= 15 is 0 Å². The third kappa shape index (κ3) is 4.54. The Balaban J connectivity index is 1.49. The Morgan fingerprint density at radius 2 is 1.82 bits per heavy atom. The summed E-state index contributed by atoms with van der Waals surface area (Å²) < 4.78 is 15.9. The van der Waals surface area contributed by atoms with E-state index in [1.165, 1.54) is 32.7 Å². The van der Waals surface area contributed by atoms with Crippen molar-refractivity contribution in [1.82, 2.24) is 10.2 Å². The van der Waals surface area contributed by atoms with Crippen LogP contribution in [0.3, 0.4) is 0 Å². The number of methoxy groups -OCH3 is 3. The number of nitrogens with zero attached hydrogens (tertiary/aromatic N) is 3. The highest BCUT2D eigenvalue weighted by molar-refractivity contribution is 7.15. The number of carbonyl (C=O) groups excluding carboxylic acids is 2. The number of hydrogen-bond donors (Lipinski definition) is 1. The number of amides is 2. The molecule has 1 atom stereocenters. The summed E-state index contributed by atoms with van der Waals surface area (Å²) in [6.45, 7) is 2.61. The molecule has 2 heterocycles. The number of ether oxygens (including phenoxy) is 3. The Bertz CT molecular complexity index is 1190. The first kappa shape index (κ1) is 23.5. The summed E-state index contributed by atoms with van der Waals surface area (Å²) in [6, 6.07) is 11.1. The molecule has 9 nitrogen and oxygen atoms in total. The highest BCUT2D eigenvalue weighted by Crippen LogP contribution is 2.39. The summed E-state index contributed by atoms with van der Waals surface area (Å²) in [7, 11) is 4.47. The molecule has 2 amide bonds. The van der Waals surface area contributed by atoms with Crippen LogP contribution in [-0.2, 0) is 11.2 Å². The highest BCUT2D eigenvalue weighted by atomic mass is 32.1. The summed E-state index contributed by atoms with van der Waals surface area (Å²) in [6.07, 6.45) is 1.20. The molecule has 1 saturated heterocycles. The SMILES string of the molecule is CCc1ccccc1N1C[C@@H](c2nnc(NC(=O)c3cc(OC)c(OC)c(OC)c3)s2)CC1=O. The third-order valence-corrected chi connectivity index (χ3v) is 6.73. The lowest BCUT2D eigenvalue weighted by atomic mass is 10.1. The van der Waals surface area contributed by atoms with E-state index in [1.807, 2.05) is 29.2 Å². The number of hydrogen-bond acceptors (Lipinski definition) is 8. The van der Waals surface area contributed by atoms with Gasteiger partial charge in [0.15, 0.2) is 11.5 Å². The second-order valence-electron chi connectivity index (χ2n) is 7.70. The highest BCUT2D eigenvalue weighted by Gasteiger charge is 2.34. The fourth-order valence-corrected chi connectivity index (χ4v) is 4.84. The summed E-state index contributed by atoms with van der Waals surface area (Å²) in [5.74, 6) is 0.748. The predicted molar refractivity (Wildman–Crippen MR) is 129 cm³/mol. The number of para-hydroxylation sites is 1. The molecule has 0 bridgehead atoms. The molecule has 0 spiro atoms. The summed E-state index contributed by atoms with van der Waals surface area (Å²) >= 11 is 1.27. The van der Waals surface area contributed by atoms with Gasteiger partial charge < -0.3 is 19.1 Å². The quantitative estimate of drug-likeness (QED) is 0.519. The minimum atomic E-state index is -0.386. The molecule has 3 aromatic rings. The van der Waals surface area contributed by atoms with Crippen LogP contribution in [0.5, 0.6) is 17.2 Å². The lowest BCUT2D eigenvalue weighted by Gasteiger charge is -2.19. The molecule has 1 N–H and O–H groups in total. The molecule has 178 valence electrons. The van der Waals surface area contributed by atoms with Gasteiger partial charge in [0.25, 0.3) is 5.91 Å². The zero-order valence-electron chi connectivity index (χ0n) is 19.5. The van der Waals surface area contributed by atoms with Crippen molar-refractivity contribution in [2.45, 2.75) is 25.7 Å². The molecule has 0 radical (unpaired) electrons. The van der Waals surface area contributed by atoms with Crippen LogP contribution < -0.4 is 24.4 Å². The number of carbonyl (C=O) groups is 2. The molecular formula is C24H26N4O5S. The standard InChI is InChI=1S/C24H26N4O5S/c1-5-14-8-6-7-9-17(14)28-13-16(12-20(28)29)23-26-27-24(34-23)25-22(30)15-10-18(31-2)21(33-4)19(11-15)32-3/h6-11,16H,5,12-13H2,1-4H3,(H,25,27,30)/t16-/m0/s1. The van der Waals surface area contributed by atoms with Gasteiger partial charge in [-0.3, -0.25) is 14.9 Å². The number of benzene rings is 2. The van der Waals surface area contributed by atoms with Gasteiger partial charge in [-0.05, 0) is 30.2 Å². The fraction of sp³-hybridized carbons (Fsp3) is 0.333. The van der Waals surface area contributed by atoms with Gasteiger partial charge in [0.1, 0.15) is 5.01 Å². The second-order valence-corrected chi connectivity index (χ2v) is 8.71. The number of aryl methyl sites for hydroxylation is 1. The molecule has 1 aromatic heterocycles. The Kier molecular flexibility index (Phi) is 6.97. The number of nitrogens with one attached hydrogen (secondary N) is 1. The van der Waals surface area contributed by atoms with Gasteiger partial charge in [-0.2, -0.15) is 0 Å². The third-order valence-electron chi connectivity index (χ3n) is 5.73. The first-order valence-corrected chi connectivity index (χ1v) is 11.6. The van der Waals surface area contributed by atoms with Crippen molar-refractivity contribution in [3.05, 3.63) is 52.5 Å². The first-order chi connectivity index (χ1) is 16.5. The Morgan fingerprint density at radius 3 is 2.47 bits per heavy atom. The van der Waals surface area contributed by atoms with Crippen LogP contribution in [0.1, 0.15) is 40.2 Å². The summed E-state index contributed by atoms with van der Waals surface area (Å²) in [4.78, 5) is 27.4. The molecule has 10 heteroatoms. The maximum atomic E-state index is 12.9. The molecule has 4 rings (SSSR count). The Hall–Kier alpha value is -3.66. The van der Waals surface area contributed by atoms with Crippen LogP contribution in [0.15, 0.2) is 36.4 Å². The number of anilines is 2. The normalized spacial score (nSPS) is 15.4. The van der Waals surface area contributed by atoms with Gasteiger partial charge in [0.05, 0.1) is 21.3 Å². The van der Waals surface area contributed by atoms with E-state index in [2.05, 4.69) is 22.4 Å². The van der Waals surface area contributed by atoms with Gasteiger partial charge in [-0.1, -0.05) is 36.5 Å². The second kappa shape index (κ2) is 10.1. The van der Waals surface area contributed by atoms with E-state index in [1.54, 1.807) is 12.1 Å². The molecule has 1 aliphatic rings. The number of rotatable bonds is 8. The van der Waals surface area contributed by atoms with Crippen LogP contribution in [0.2, 0.25) is 0 Å². The monoisotopic (exact) mass is 482 g/mol. The van der Waals surface area contributed by atoms with E-state index in [9.17, 15) is 9.59 Å². The predicted octanol–water partition coefficient (Wildman–Crippen LogP) is 3.90. The Morgan fingerprint density at radius 1 is 1.12 bits per heavy atom. The lowest BCUT2D eigenvalue weighted by molar-refractivity contribution is -0.117. The van der Waals surface area contributed by atoms with Crippen molar-refractivity contribution in [2.24, 2.45) is 0 Å². The Labute approximate surface area is 201 Å². The molecule has 2 aromatic carbocycles. The fourth-order valence-electron chi connectivity index (χ4n) is 4.01. The van der Waals surface area contributed by atoms with Crippen molar-refractivity contribution < 1.29 is 23.8 Å². The molecule has 34 heavy (non-hydrogen) atoms. The van der Waals surface area contributed by atoms with Crippen molar-refractivity contribution in [3.8, 4) is 17.2 Å². The van der Waals surface area contributed by atoms with E-state index < -0.39 is 0 Å². The topological polar surface area (TPSA) is 103 Å². The van der Waals surface area contributed by atoms with Crippen LogP contribution >= 0.6 is 11.3 Å². The molecular weight excluding hydrogens is 456 g/mol. The van der Waals surface area contributed by atoms with Gasteiger partial charge in [0.2, 0.25) is 16.8 Å². The smallest absolute Gasteiger partial charge is 0.257 e. The van der Waals surface area contributed by atoms with E-state index in [4.69, 9.17) is 14.2 Å². The zero-order valence-corrected chi connectivity index (χ0v) is 20.3. The van der Waals surface area contributed by atoms with Gasteiger partial charge >= 0.3 is 0 Å². The molecule has 0 aliphatic carbocycles. The minimum absolute atomic E-state index is 0.0594. The van der Waals surface area contributed by atoms with E-state index in [0.29, 0.717) is 45.9 Å². The lowest BCUT2D eigenvalue weighted by Crippen LogP contribution is -2.25. The van der Waals surface area contributed by atoms with Gasteiger partial charge in [-0.25, -0.2) is 0 Å². The maximum Gasteiger partial charge on any atom is 0.257 e. The summed E-state index contributed by atoms with van der Waals surface area (Å²) in [5, 5.41) is 12.2. The van der Waals surface area contributed by atoms with Crippen LogP contribution in [0, 0.1) is 0 Å². The van der Waals surface area contributed by atoms with Gasteiger partial charge in [-0.15, -0.1) is 10.2 Å². The minimum Gasteiger partial charge on any atom is -0.493 e. The van der Waals surface area contributed by atoms with Crippen LogP contribution in [-0.4, -0.2) is 49.9 Å². The largest absolute Gasteiger partial charge is 0.493 e. The first-order valence-electron chi connectivity index (χ1n) is 10.8. The van der Waals surface area contributed by atoms with Crippen molar-refractivity contribution >= 4 is 34.0 Å². The molecule has 1 fully saturated rings. The van der Waals surface area contributed by atoms with Crippen LogP contribution in [0.4, 0.5) is 10.8 Å². The zero-order chi connectivity index (χ0) is 24.2. The molecule has 0 saturated carbocycles.